The predicted molar refractivity (Wildman–Crippen MR) is 128 cm³/mol. The number of carbonyl (C=O) groups is 1. The predicted octanol–water partition coefficient (Wildman–Crippen LogP) is 3.34. The van der Waals surface area contributed by atoms with E-state index in [9.17, 15) is 4.79 Å². The number of nitrogens with zero attached hydrogens (tertiary/aromatic N) is 2. The Morgan fingerprint density at radius 2 is 1.71 bits per heavy atom. The molecule has 1 amide bonds. The van der Waals surface area contributed by atoms with Gasteiger partial charge >= 0.3 is 6.09 Å². The van der Waals surface area contributed by atoms with Gasteiger partial charge in [-0.15, -0.1) is 24.0 Å². The van der Waals surface area contributed by atoms with E-state index >= 15 is 0 Å². The standard InChI is InChI=1S/C20H41N5O2.HI/c1-17-11-6-8-15-25(17)16-9-7-12-22-18(21-5)23-13-10-14-24-19(26)27-20(2,3)4;/h17H,6-16H2,1-5H3,(H,24,26)(H2,21,22,23);1H. The Morgan fingerprint density at radius 1 is 1.07 bits per heavy atom. The van der Waals surface area contributed by atoms with Gasteiger partial charge in [0, 0.05) is 32.7 Å². The van der Waals surface area contributed by atoms with Gasteiger partial charge in [0.15, 0.2) is 5.96 Å². The molecule has 1 heterocycles. The molecule has 0 aromatic carbocycles. The maximum Gasteiger partial charge on any atom is 0.407 e. The average Bonchev–Trinajstić information content (AvgIpc) is 2.59. The van der Waals surface area contributed by atoms with Crippen LogP contribution in [0.3, 0.4) is 0 Å². The van der Waals surface area contributed by atoms with E-state index in [1.807, 2.05) is 20.8 Å². The number of nitrogens with one attached hydrogen (secondary N) is 3. The molecule has 1 fully saturated rings. The first-order chi connectivity index (χ1) is 12.8. The van der Waals surface area contributed by atoms with Crippen LogP contribution in [0.1, 0.15) is 66.2 Å². The Bertz CT molecular complexity index is 454. The Morgan fingerprint density at radius 3 is 2.32 bits per heavy atom. The average molecular weight is 511 g/mol. The maximum atomic E-state index is 11.6. The van der Waals surface area contributed by atoms with Crippen LogP contribution < -0.4 is 16.0 Å². The Balaban J connectivity index is 0.00000729. The van der Waals surface area contributed by atoms with Gasteiger partial charge in [0.1, 0.15) is 5.60 Å². The van der Waals surface area contributed by atoms with Gasteiger partial charge < -0.3 is 25.6 Å². The van der Waals surface area contributed by atoms with Crippen molar-refractivity contribution in [3.63, 3.8) is 0 Å². The summed E-state index contributed by atoms with van der Waals surface area (Å²) >= 11 is 0. The van der Waals surface area contributed by atoms with Crippen LogP contribution in [0.25, 0.3) is 0 Å². The van der Waals surface area contributed by atoms with Crippen LogP contribution in [-0.4, -0.2) is 68.4 Å². The van der Waals surface area contributed by atoms with Crippen LogP contribution in [0.15, 0.2) is 4.99 Å². The van der Waals surface area contributed by atoms with Crippen molar-refractivity contribution in [2.75, 3.05) is 39.8 Å². The minimum Gasteiger partial charge on any atom is -0.444 e. The zero-order chi connectivity index (χ0) is 20.1. The van der Waals surface area contributed by atoms with E-state index in [0.717, 1.165) is 37.9 Å². The van der Waals surface area contributed by atoms with E-state index in [0.29, 0.717) is 6.54 Å². The highest BCUT2D eigenvalue weighted by atomic mass is 127. The first-order valence-corrected chi connectivity index (χ1v) is 10.5. The van der Waals surface area contributed by atoms with Crippen molar-refractivity contribution in [1.29, 1.82) is 0 Å². The number of aliphatic imine (C=N–C) groups is 1. The molecular weight excluding hydrogens is 469 g/mol. The molecule has 0 saturated carbocycles. The van der Waals surface area contributed by atoms with Crippen molar-refractivity contribution >= 4 is 36.0 Å². The van der Waals surface area contributed by atoms with Crippen LogP contribution in [0.4, 0.5) is 4.79 Å². The number of halogens is 1. The highest BCUT2D eigenvalue weighted by molar-refractivity contribution is 14.0. The smallest absolute Gasteiger partial charge is 0.407 e. The summed E-state index contributed by atoms with van der Waals surface area (Å²) in [6.07, 6.45) is 6.88. The summed E-state index contributed by atoms with van der Waals surface area (Å²) in [4.78, 5) is 18.4. The zero-order valence-electron chi connectivity index (χ0n) is 18.5. The third-order valence-corrected chi connectivity index (χ3v) is 4.64. The number of hydrogen-bond donors (Lipinski definition) is 3. The molecule has 0 radical (unpaired) electrons. The third kappa shape index (κ3) is 13.4. The quantitative estimate of drug-likeness (QED) is 0.192. The van der Waals surface area contributed by atoms with Crippen molar-refractivity contribution in [3.8, 4) is 0 Å². The van der Waals surface area contributed by atoms with Gasteiger partial charge in [-0.2, -0.15) is 0 Å². The molecule has 1 aliphatic rings. The summed E-state index contributed by atoms with van der Waals surface area (Å²) in [5.74, 6) is 0.818. The molecule has 1 saturated heterocycles. The fraction of sp³-hybridized carbons (Fsp3) is 0.900. The summed E-state index contributed by atoms with van der Waals surface area (Å²) < 4.78 is 5.20. The summed E-state index contributed by atoms with van der Waals surface area (Å²) in [6.45, 7) is 12.6. The molecule has 1 aliphatic heterocycles. The number of guanidine groups is 1. The van der Waals surface area contributed by atoms with Crippen LogP contribution in [0.5, 0.6) is 0 Å². The molecule has 1 atom stereocenters. The van der Waals surface area contributed by atoms with E-state index in [2.05, 4.69) is 32.8 Å². The molecule has 1 unspecified atom stereocenters. The number of likely N-dealkylation sites (tertiary alicyclic amines) is 1. The number of hydrogen-bond acceptors (Lipinski definition) is 4. The van der Waals surface area contributed by atoms with E-state index in [4.69, 9.17) is 4.74 Å². The lowest BCUT2D eigenvalue weighted by atomic mass is 10.0. The SMILES string of the molecule is CN=C(NCCCCN1CCCCC1C)NCCCNC(=O)OC(C)(C)C.I. The molecule has 7 nitrogen and oxygen atoms in total. The second-order valence-electron chi connectivity index (χ2n) is 8.30. The van der Waals surface area contributed by atoms with Gasteiger partial charge in [-0.1, -0.05) is 6.42 Å². The second kappa shape index (κ2) is 15.1. The van der Waals surface area contributed by atoms with Gasteiger partial charge in [-0.25, -0.2) is 4.79 Å². The molecule has 166 valence electrons. The monoisotopic (exact) mass is 511 g/mol. The molecule has 3 N–H and O–H groups in total. The van der Waals surface area contributed by atoms with Gasteiger partial charge in [-0.3, -0.25) is 4.99 Å². The fourth-order valence-electron chi connectivity index (χ4n) is 3.16. The Hall–Kier alpha value is -0.770. The number of piperidine rings is 1. The van der Waals surface area contributed by atoms with Crippen LogP contribution in [0, 0.1) is 0 Å². The molecule has 0 aromatic rings. The summed E-state index contributed by atoms with van der Waals surface area (Å²) in [5.41, 5.74) is -0.458. The van der Waals surface area contributed by atoms with E-state index in [1.165, 1.54) is 38.8 Å². The first-order valence-electron chi connectivity index (χ1n) is 10.5. The van der Waals surface area contributed by atoms with Crippen molar-refractivity contribution in [2.24, 2.45) is 4.99 Å². The first kappa shape index (κ1) is 27.2. The highest BCUT2D eigenvalue weighted by Gasteiger charge is 2.17. The van der Waals surface area contributed by atoms with Gasteiger partial charge in [0.25, 0.3) is 0 Å². The Kier molecular flexibility index (Phi) is 14.7. The normalized spacial score (nSPS) is 18.2. The second-order valence-corrected chi connectivity index (χ2v) is 8.30. The fourth-order valence-corrected chi connectivity index (χ4v) is 3.16. The lowest BCUT2D eigenvalue weighted by Crippen LogP contribution is -2.40. The van der Waals surface area contributed by atoms with Gasteiger partial charge in [0.2, 0.25) is 0 Å². The Labute approximate surface area is 188 Å². The molecule has 0 spiro atoms. The van der Waals surface area contributed by atoms with E-state index in [1.54, 1.807) is 7.05 Å². The number of unbranched alkanes of at least 4 members (excludes halogenated alkanes) is 1. The summed E-state index contributed by atoms with van der Waals surface area (Å²) in [6, 6.07) is 0.746. The molecule has 28 heavy (non-hydrogen) atoms. The number of ether oxygens (including phenoxy) is 1. The van der Waals surface area contributed by atoms with Gasteiger partial charge in [-0.05, 0) is 72.9 Å². The zero-order valence-corrected chi connectivity index (χ0v) is 20.8. The minimum absolute atomic E-state index is 0. The van der Waals surface area contributed by atoms with Crippen molar-refractivity contribution < 1.29 is 9.53 Å². The molecular formula is C20H42IN5O2. The lowest BCUT2D eigenvalue weighted by Gasteiger charge is -2.33. The largest absolute Gasteiger partial charge is 0.444 e. The molecule has 0 bridgehead atoms. The van der Waals surface area contributed by atoms with Crippen molar-refractivity contribution in [3.05, 3.63) is 0 Å². The van der Waals surface area contributed by atoms with E-state index in [-0.39, 0.29) is 30.1 Å². The molecule has 0 aliphatic carbocycles. The summed E-state index contributed by atoms with van der Waals surface area (Å²) in [7, 11) is 1.78. The van der Waals surface area contributed by atoms with E-state index < -0.39 is 5.60 Å². The number of alkyl carbamates (subject to hydrolysis) is 1. The minimum atomic E-state index is -0.458. The van der Waals surface area contributed by atoms with Crippen molar-refractivity contribution in [1.82, 2.24) is 20.9 Å². The maximum absolute atomic E-state index is 11.6. The van der Waals surface area contributed by atoms with Crippen molar-refractivity contribution in [2.45, 2.75) is 77.9 Å². The number of carbonyl (C=O) groups excluding carboxylic acids is 1. The van der Waals surface area contributed by atoms with Crippen LogP contribution in [-0.2, 0) is 4.74 Å². The van der Waals surface area contributed by atoms with Gasteiger partial charge in [0.05, 0.1) is 0 Å². The third-order valence-electron chi connectivity index (χ3n) is 4.64. The summed E-state index contributed by atoms with van der Waals surface area (Å²) in [5, 5.41) is 9.39. The topological polar surface area (TPSA) is 78.0 Å². The highest BCUT2D eigenvalue weighted by Crippen LogP contribution is 2.16. The van der Waals surface area contributed by atoms with Crippen LogP contribution in [0.2, 0.25) is 0 Å². The van der Waals surface area contributed by atoms with Crippen LogP contribution >= 0.6 is 24.0 Å². The number of rotatable bonds is 9. The molecule has 1 rings (SSSR count). The lowest BCUT2D eigenvalue weighted by molar-refractivity contribution is 0.0527. The molecule has 8 heteroatoms. The molecule has 0 aromatic heterocycles. The number of amides is 1.